The lowest BCUT2D eigenvalue weighted by Crippen LogP contribution is -2.19. The predicted octanol–water partition coefficient (Wildman–Crippen LogP) is -0.137. The first kappa shape index (κ1) is 10.1. The van der Waals surface area contributed by atoms with Gasteiger partial charge in [0.2, 0.25) is 5.91 Å². The summed E-state index contributed by atoms with van der Waals surface area (Å²) in [6, 6.07) is 3.32. The first-order valence-corrected chi connectivity index (χ1v) is 4.11. The number of hydrogen-bond acceptors (Lipinski definition) is 2. The molecule has 0 saturated carbocycles. The number of pyridine rings is 1. The maximum absolute atomic E-state index is 11.1. The van der Waals surface area contributed by atoms with Crippen LogP contribution in [0.25, 0.3) is 0 Å². The van der Waals surface area contributed by atoms with Gasteiger partial charge in [0.15, 0.2) is 0 Å². The molecule has 0 fully saturated rings. The van der Waals surface area contributed by atoms with Crippen molar-refractivity contribution in [2.24, 2.45) is 0 Å². The monoisotopic (exact) mass is 190 g/mol. The van der Waals surface area contributed by atoms with E-state index in [0.717, 1.165) is 0 Å². The van der Waals surface area contributed by atoms with Crippen molar-refractivity contribution in [2.75, 3.05) is 6.54 Å². The molecule has 1 rings (SSSR count). The van der Waals surface area contributed by atoms with E-state index in [4.69, 9.17) is 0 Å². The minimum absolute atomic E-state index is 0.138. The maximum atomic E-state index is 11.1. The molecule has 0 radical (unpaired) electrons. The van der Waals surface area contributed by atoms with Crippen molar-refractivity contribution in [3.05, 3.63) is 34.2 Å². The second-order valence-corrected chi connectivity index (χ2v) is 2.62. The number of aromatic amines is 1. The zero-order valence-electron chi connectivity index (χ0n) is 7.76. The molecule has 72 valence electrons. The van der Waals surface area contributed by atoms with Crippen LogP contribution in [0.5, 0.6) is 0 Å². The molecule has 4 nitrogen and oxygen atoms in total. The van der Waals surface area contributed by atoms with Crippen molar-refractivity contribution in [3.8, 4) is 11.8 Å². The van der Waals surface area contributed by atoms with Gasteiger partial charge in [-0.1, -0.05) is 11.8 Å². The maximum Gasteiger partial charge on any atom is 0.263 e. The van der Waals surface area contributed by atoms with Crippen LogP contribution < -0.4 is 10.9 Å². The fraction of sp³-hybridized carbons (Fsp3) is 0.200. The first-order valence-electron chi connectivity index (χ1n) is 4.11. The Kier molecular flexibility index (Phi) is 3.50. The molecule has 0 aromatic carbocycles. The Balaban J connectivity index is 2.64. The highest BCUT2D eigenvalue weighted by atomic mass is 16.1. The van der Waals surface area contributed by atoms with Gasteiger partial charge in [0.25, 0.3) is 5.56 Å². The average molecular weight is 190 g/mol. The topological polar surface area (TPSA) is 62.0 Å². The Hall–Kier alpha value is -2.02. The van der Waals surface area contributed by atoms with Gasteiger partial charge >= 0.3 is 0 Å². The van der Waals surface area contributed by atoms with Gasteiger partial charge in [-0.05, 0) is 12.1 Å². The van der Waals surface area contributed by atoms with Crippen LogP contribution in [0.1, 0.15) is 12.5 Å². The molecule has 14 heavy (non-hydrogen) atoms. The van der Waals surface area contributed by atoms with E-state index in [1.54, 1.807) is 18.3 Å². The fourth-order valence-corrected chi connectivity index (χ4v) is 0.828. The van der Waals surface area contributed by atoms with Crippen LogP contribution in [0.15, 0.2) is 23.1 Å². The molecule has 0 aliphatic carbocycles. The van der Waals surface area contributed by atoms with Crippen LogP contribution in [0.2, 0.25) is 0 Å². The molecule has 1 aromatic rings. The largest absolute Gasteiger partial charge is 0.345 e. The van der Waals surface area contributed by atoms with Crippen molar-refractivity contribution in [1.82, 2.24) is 10.3 Å². The van der Waals surface area contributed by atoms with E-state index in [-0.39, 0.29) is 18.0 Å². The fourth-order valence-electron chi connectivity index (χ4n) is 0.828. The zero-order chi connectivity index (χ0) is 10.4. The van der Waals surface area contributed by atoms with E-state index in [0.29, 0.717) is 5.56 Å². The summed E-state index contributed by atoms with van der Waals surface area (Å²) in [5.74, 6) is 5.19. The highest BCUT2D eigenvalue weighted by Gasteiger charge is 1.90. The van der Waals surface area contributed by atoms with E-state index in [2.05, 4.69) is 22.1 Å². The van der Waals surface area contributed by atoms with Gasteiger partial charge in [-0.3, -0.25) is 9.59 Å². The molecule has 1 amide bonds. The lowest BCUT2D eigenvalue weighted by Gasteiger charge is -1.91. The SMILES string of the molecule is CC(=O)NCC#Cc1ccc[nH]c1=O. The Morgan fingerprint density at radius 3 is 3.07 bits per heavy atom. The van der Waals surface area contributed by atoms with Gasteiger partial charge < -0.3 is 10.3 Å². The number of hydrogen-bond donors (Lipinski definition) is 2. The standard InChI is InChI=1S/C10H10N2O2/c1-8(13)11-6-2-4-9-5-3-7-12-10(9)14/h3,5,7H,6H2,1H3,(H,11,13)(H,12,14). The van der Waals surface area contributed by atoms with Crippen molar-refractivity contribution in [2.45, 2.75) is 6.92 Å². The summed E-state index contributed by atoms with van der Waals surface area (Å²) in [6.07, 6.45) is 1.54. The van der Waals surface area contributed by atoms with E-state index >= 15 is 0 Å². The Bertz CT molecular complexity index is 437. The summed E-state index contributed by atoms with van der Waals surface area (Å²) in [6.45, 7) is 1.67. The molecule has 0 atom stereocenters. The number of nitrogens with one attached hydrogen (secondary N) is 2. The quantitative estimate of drug-likeness (QED) is 0.605. The molecule has 0 aliphatic rings. The van der Waals surface area contributed by atoms with Gasteiger partial charge in [-0.15, -0.1) is 0 Å². The number of rotatable bonds is 1. The smallest absolute Gasteiger partial charge is 0.263 e. The lowest BCUT2D eigenvalue weighted by atomic mass is 10.3. The van der Waals surface area contributed by atoms with Gasteiger partial charge in [0.05, 0.1) is 12.1 Å². The van der Waals surface area contributed by atoms with Gasteiger partial charge in [0, 0.05) is 13.1 Å². The minimum Gasteiger partial charge on any atom is -0.345 e. The third-order valence-corrected chi connectivity index (χ3v) is 1.47. The van der Waals surface area contributed by atoms with Crippen molar-refractivity contribution in [1.29, 1.82) is 0 Å². The highest BCUT2D eigenvalue weighted by molar-refractivity contribution is 5.73. The number of carbonyl (C=O) groups excluding carboxylic acids is 1. The summed E-state index contributed by atoms with van der Waals surface area (Å²) in [5.41, 5.74) is 0.181. The Morgan fingerprint density at radius 1 is 1.64 bits per heavy atom. The average Bonchev–Trinajstić information content (AvgIpc) is 2.15. The third kappa shape index (κ3) is 3.15. The van der Waals surface area contributed by atoms with E-state index in [9.17, 15) is 9.59 Å². The van der Waals surface area contributed by atoms with Crippen molar-refractivity contribution >= 4 is 5.91 Å². The molecule has 0 unspecified atom stereocenters. The number of H-pyrrole nitrogens is 1. The van der Waals surface area contributed by atoms with Crippen LogP contribution >= 0.6 is 0 Å². The molecule has 0 spiro atoms. The Morgan fingerprint density at radius 2 is 2.43 bits per heavy atom. The molecular formula is C10H10N2O2. The molecule has 4 heteroatoms. The van der Waals surface area contributed by atoms with Crippen LogP contribution in [-0.4, -0.2) is 17.4 Å². The Labute approximate surface area is 81.3 Å². The van der Waals surface area contributed by atoms with E-state index in [1.165, 1.54) is 6.92 Å². The second kappa shape index (κ2) is 4.87. The first-order chi connectivity index (χ1) is 6.70. The third-order valence-electron chi connectivity index (χ3n) is 1.47. The van der Waals surface area contributed by atoms with Crippen molar-refractivity contribution < 1.29 is 4.79 Å². The summed E-state index contributed by atoms with van der Waals surface area (Å²) in [4.78, 5) is 24.1. The minimum atomic E-state index is -0.220. The molecule has 2 N–H and O–H groups in total. The number of amides is 1. The predicted molar refractivity (Wildman–Crippen MR) is 52.6 cm³/mol. The summed E-state index contributed by atoms with van der Waals surface area (Å²) in [5, 5.41) is 2.51. The number of carbonyl (C=O) groups is 1. The molecule has 0 aliphatic heterocycles. The molecular weight excluding hydrogens is 180 g/mol. The second-order valence-electron chi connectivity index (χ2n) is 2.62. The molecule has 1 heterocycles. The van der Waals surface area contributed by atoms with Crippen LogP contribution in [0.4, 0.5) is 0 Å². The normalized spacial score (nSPS) is 8.64. The van der Waals surface area contributed by atoms with Crippen molar-refractivity contribution in [3.63, 3.8) is 0 Å². The van der Waals surface area contributed by atoms with Gasteiger partial charge in [-0.25, -0.2) is 0 Å². The van der Waals surface area contributed by atoms with Gasteiger partial charge in [0.1, 0.15) is 0 Å². The lowest BCUT2D eigenvalue weighted by molar-refractivity contribution is -0.118. The van der Waals surface area contributed by atoms with Crippen LogP contribution in [0, 0.1) is 11.8 Å². The highest BCUT2D eigenvalue weighted by Crippen LogP contribution is 1.83. The van der Waals surface area contributed by atoms with E-state index < -0.39 is 0 Å². The van der Waals surface area contributed by atoms with Crippen LogP contribution in [-0.2, 0) is 4.79 Å². The van der Waals surface area contributed by atoms with E-state index in [1.807, 2.05) is 0 Å². The molecule has 1 aromatic heterocycles. The molecule has 0 bridgehead atoms. The summed E-state index contributed by atoms with van der Waals surface area (Å²) < 4.78 is 0. The van der Waals surface area contributed by atoms with Crippen LogP contribution in [0.3, 0.4) is 0 Å². The summed E-state index contributed by atoms with van der Waals surface area (Å²) >= 11 is 0. The number of aromatic nitrogens is 1. The zero-order valence-corrected chi connectivity index (χ0v) is 7.76. The van der Waals surface area contributed by atoms with Gasteiger partial charge in [-0.2, -0.15) is 0 Å². The summed E-state index contributed by atoms with van der Waals surface area (Å²) in [7, 11) is 0. The molecule has 0 saturated heterocycles.